The highest BCUT2D eigenvalue weighted by molar-refractivity contribution is 7.90. The van der Waals surface area contributed by atoms with Crippen LogP contribution < -0.4 is 5.32 Å². The molecule has 1 aliphatic rings. The number of carbonyl (C=O) groups is 3. The van der Waals surface area contributed by atoms with Crippen LogP contribution in [0.3, 0.4) is 0 Å². The lowest BCUT2D eigenvalue weighted by molar-refractivity contribution is -0.141. The van der Waals surface area contributed by atoms with Crippen LogP contribution in [0.25, 0.3) is 0 Å². The second kappa shape index (κ2) is 11.6. The monoisotopic (exact) mass is 537 g/mol. The molecule has 38 heavy (non-hydrogen) atoms. The van der Waals surface area contributed by atoms with Gasteiger partial charge >= 0.3 is 0 Å². The molecule has 4 rings (SSSR count). The van der Waals surface area contributed by atoms with Gasteiger partial charge in [0, 0.05) is 38.0 Å². The summed E-state index contributed by atoms with van der Waals surface area (Å²) in [5.74, 6) is -2.25. The molecule has 8 nitrogen and oxygen atoms in total. The molecule has 10 heteroatoms. The molecule has 198 valence electrons. The summed E-state index contributed by atoms with van der Waals surface area (Å²) in [5, 5.41) is 2.74. The lowest BCUT2D eigenvalue weighted by atomic mass is 10.0. The van der Waals surface area contributed by atoms with E-state index in [9.17, 15) is 27.2 Å². The average molecular weight is 538 g/mol. The maximum Gasteiger partial charge on any atom is 0.269 e. The van der Waals surface area contributed by atoms with Crippen molar-refractivity contribution in [2.75, 3.05) is 13.1 Å². The van der Waals surface area contributed by atoms with Crippen molar-refractivity contribution in [2.24, 2.45) is 0 Å². The number of halogens is 1. The van der Waals surface area contributed by atoms with Crippen molar-refractivity contribution >= 4 is 27.7 Å². The quantitative estimate of drug-likeness (QED) is 0.428. The number of benzene rings is 3. The molecular formula is C28H28FN3O5S. The minimum Gasteiger partial charge on any atom is -0.355 e. The highest BCUT2D eigenvalue weighted by atomic mass is 32.2. The van der Waals surface area contributed by atoms with E-state index in [2.05, 4.69) is 5.32 Å². The van der Waals surface area contributed by atoms with Gasteiger partial charge in [0.25, 0.3) is 15.9 Å². The number of sulfonamides is 1. The molecule has 3 aromatic carbocycles. The lowest BCUT2D eigenvalue weighted by Gasteiger charge is -2.32. The topological polar surface area (TPSA) is 104 Å². The summed E-state index contributed by atoms with van der Waals surface area (Å²) in [6, 6.07) is 19.9. The molecule has 1 heterocycles. The standard InChI is InChI=1S/C28H28FN3O5S/c1-2-30-27(34)24(18-20-10-4-3-5-11-20)31(19-21-12-6-8-14-23(21)29)26(33)16-17-32-28(35)22-13-7-9-15-25(22)38(32,36)37/h3-15,24H,2,16-19H2,1H3,(H,30,34). The molecule has 1 aliphatic heterocycles. The van der Waals surface area contributed by atoms with Gasteiger partial charge in [-0.25, -0.2) is 17.1 Å². The first kappa shape index (κ1) is 27.0. The summed E-state index contributed by atoms with van der Waals surface area (Å²) < 4.78 is 41.2. The van der Waals surface area contributed by atoms with Gasteiger partial charge in [0.1, 0.15) is 16.8 Å². The van der Waals surface area contributed by atoms with Gasteiger partial charge in [-0.3, -0.25) is 14.4 Å². The maximum absolute atomic E-state index is 14.6. The van der Waals surface area contributed by atoms with Gasteiger partial charge in [-0.2, -0.15) is 0 Å². The molecule has 0 aromatic heterocycles. The van der Waals surface area contributed by atoms with Crippen LogP contribution in [0.1, 0.15) is 34.8 Å². The highest BCUT2D eigenvalue weighted by Crippen LogP contribution is 2.30. The molecule has 3 amide bonds. The Hall–Kier alpha value is -4.05. The van der Waals surface area contributed by atoms with Crippen LogP contribution in [0.15, 0.2) is 83.8 Å². The zero-order valence-corrected chi connectivity index (χ0v) is 21.7. The third-order valence-corrected chi connectivity index (χ3v) is 8.20. The van der Waals surface area contributed by atoms with E-state index in [4.69, 9.17) is 0 Å². The van der Waals surface area contributed by atoms with Gasteiger partial charge in [0.05, 0.1) is 5.56 Å². The summed E-state index contributed by atoms with van der Waals surface area (Å²) in [7, 11) is -4.10. The first-order chi connectivity index (χ1) is 18.2. The molecule has 1 unspecified atom stereocenters. The molecule has 0 bridgehead atoms. The van der Waals surface area contributed by atoms with Gasteiger partial charge in [-0.05, 0) is 30.7 Å². The second-order valence-electron chi connectivity index (χ2n) is 8.84. The normalized spacial score (nSPS) is 14.6. The fourth-order valence-electron chi connectivity index (χ4n) is 4.45. The third kappa shape index (κ3) is 5.60. The van der Waals surface area contributed by atoms with Crippen molar-refractivity contribution in [1.82, 2.24) is 14.5 Å². The van der Waals surface area contributed by atoms with Gasteiger partial charge in [0.2, 0.25) is 11.8 Å². The third-order valence-electron chi connectivity index (χ3n) is 6.36. The van der Waals surface area contributed by atoms with Gasteiger partial charge in [-0.1, -0.05) is 60.7 Å². The SMILES string of the molecule is CCNC(=O)C(Cc1ccccc1)N(Cc1ccccc1F)C(=O)CCN1C(=O)c2ccccc2S1(=O)=O. The van der Waals surface area contributed by atoms with E-state index in [0.717, 1.165) is 5.56 Å². The summed E-state index contributed by atoms with van der Waals surface area (Å²) >= 11 is 0. The van der Waals surface area contributed by atoms with E-state index >= 15 is 0 Å². The molecule has 0 spiro atoms. The zero-order valence-electron chi connectivity index (χ0n) is 20.8. The Bertz CT molecular complexity index is 1450. The molecule has 0 radical (unpaired) electrons. The van der Waals surface area contributed by atoms with Crippen LogP contribution in [-0.2, 0) is 32.6 Å². The van der Waals surface area contributed by atoms with E-state index < -0.39 is 46.1 Å². The summed E-state index contributed by atoms with van der Waals surface area (Å²) in [4.78, 5) is 40.8. The number of hydrogen-bond donors (Lipinski definition) is 1. The number of likely N-dealkylation sites (N-methyl/N-ethyl adjacent to an activating group) is 1. The molecule has 1 atom stereocenters. The van der Waals surface area contributed by atoms with Crippen LogP contribution in [0.4, 0.5) is 4.39 Å². The summed E-state index contributed by atoms with van der Waals surface area (Å²) in [6.07, 6.45) is -0.211. The molecule has 0 saturated carbocycles. The number of nitrogens with zero attached hydrogens (tertiary/aromatic N) is 2. The Morgan fingerprint density at radius 3 is 2.32 bits per heavy atom. The van der Waals surface area contributed by atoms with Crippen molar-refractivity contribution in [3.8, 4) is 0 Å². The molecule has 3 aromatic rings. The van der Waals surface area contributed by atoms with E-state index in [0.29, 0.717) is 10.8 Å². The largest absolute Gasteiger partial charge is 0.355 e. The summed E-state index contributed by atoms with van der Waals surface area (Å²) in [6.45, 7) is 1.46. The van der Waals surface area contributed by atoms with Crippen molar-refractivity contribution in [2.45, 2.75) is 37.2 Å². The Morgan fingerprint density at radius 1 is 0.974 bits per heavy atom. The van der Waals surface area contributed by atoms with Crippen LogP contribution in [0.5, 0.6) is 0 Å². The Balaban J connectivity index is 1.63. The predicted octanol–water partition coefficient (Wildman–Crippen LogP) is 3.14. The number of carbonyl (C=O) groups excluding carboxylic acids is 3. The smallest absolute Gasteiger partial charge is 0.269 e. The van der Waals surface area contributed by atoms with Crippen molar-refractivity contribution < 1.29 is 27.2 Å². The van der Waals surface area contributed by atoms with Gasteiger partial charge in [-0.15, -0.1) is 0 Å². The van der Waals surface area contributed by atoms with Crippen LogP contribution in [0, 0.1) is 5.82 Å². The van der Waals surface area contributed by atoms with E-state index in [1.165, 1.54) is 41.3 Å². The predicted molar refractivity (Wildman–Crippen MR) is 139 cm³/mol. The zero-order chi connectivity index (χ0) is 27.3. The number of rotatable bonds is 10. The highest BCUT2D eigenvalue weighted by Gasteiger charge is 2.41. The first-order valence-corrected chi connectivity index (χ1v) is 13.7. The van der Waals surface area contributed by atoms with Crippen LogP contribution in [0.2, 0.25) is 0 Å². The molecule has 0 saturated heterocycles. The molecule has 0 aliphatic carbocycles. The van der Waals surface area contributed by atoms with Crippen molar-refractivity contribution in [3.63, 3.8) is 0 Å². The van der Waals surface area contributed by atoms with Gasteiger partial charge in [0.15, 0.2) is 0 Å². The molecule has 0 fully saturated rings. The van der Waals surface area contributed by atoms with Crippen molar-refractivity contribution in [3.05, 3.63) is 101 Å². The maximum atomic E-state index is 14.6. The Kier molecular flexibility index (Phi) is 8.21. The minimum absolute atomic E-state index is 0.0486. The Morgan fingerprint density at radius 2 is 1.63 bits per heavy atom. The van der Waals surface area contributed by atoms with Crippen molar-refractivity contribution in [1.29, 1.82) is 0 Å². The second-order valence-corrected chi connectivity index (χ2v) is 10.7. The molecule has 1 N–H and O–H groups in total. The fraction of sp³-hybridized carbons (Fsp3) is 0.250. The number of fused-ring (bicyclic) bond motifs is 1. The fourth-order valence-corrected chi connectivity index (χ4v) is 6.02. The van der Waals surface area contributed by atoms with Crippen LogP contribution >= 0.6 is 0 Å². The first-order valence-electron chi connectivity index (χ1n) is 12.2. The summed E-state index contributed by atoms with van der Waals surface area (Å²) in [5.41, 5.74) is 1.05. The van der Waals surface area contributed by atoms with E-state index in [1.807, 2.05) is 30.3 Å². The van der Waals surface area contributed by atoms with Gasteiger partial charge < -0.3 is 10.2 Å². The van der Waals surface area contributed by atoms with E-state index in [1.54, 1.807) is 19.1 Å². The molecular weight excluding hydrogens is 509 g/mol. The average Bonchev–Trinajstić information content (AvgIpc) is 3.11. The van der Waals surface area contributed by atoms with Crippen LogP contribution in [-0.4, -0.2) is 54.5 Å². The number of hydrogen-bond acceptors (Lipinski definition) is 5. The Labute approximate surface area is 221 Å². The van der Waals surface area contributed by atoms with E-state index in [-0.39, 0.29) is 35.4 Å². The minimum atomic E-state index is -4.10. The number of nitrogens with one attached hydrogen (secondary N) is 1. The lowest BCUT2D eigenvalue weighted by Crippen LogP contribution is -2.51. The number of amides is 3.